The maximum absolute atomic E-state index is 13.6. The van der Waals surface area contributed by atoms with Crippen LogP contribution >= 0.6 is 0 Å². The van der Waals surface area contributed by atoms with Crippen LogP contribution in [0.25, 0.3) is 21.5 Å². The first kappa shape index (κ1) is 20.9. The molecule has 2 nitrogen and oxygen atoms in total. The molecular formula is C28H34O2. The lowest BCUT2D eigenvalue weighted by Crippen LogP contribution is -2.40. The van der Waals surface area contributed by atoms with E-state index in [1.54, 1.807) is 0 Å². The first-order valence-corrected chi connectivity index (χ1v) is 11.7. The fourth-order valence-corrected chi connectivity index (χ4v) is 5.31. The Morgan fingerprint density at radius 3 is 2.03 bits per heavy atom. The van der Waals surface area contributed by atoms with Crippen LogP contribution in [0, 0.1) is 5.41 Å². The summed E-state index contributed by atoms with van der Waals surface area (Å²) in [6.45, 7) is 6.34. The van der Waals surface area contributed by atoms with Gasteiger partial charge in [-0.15, -0.1) is 0 Å². The van der Waals surface area contributed by atoms with E-state index in [9.17, 15) is 4.79 Å². The van der Waals surface area contributed by atoms with Gasteiger partial charge >= 0.3 is 5.97 Å². The summed E-state index contributed by atoms with van der Waals surface area (Å²) in [5, 5.41) is 4.89. The van der Waals surface area contributed by atoms with E-state index in [2.05, 4.69) is 75.4 Å². The van der Waals surface area contributed by atoms with Crippen LogP contribution in [0.2, 0.25) is 0 Å². The second kappa shape index (κ2) is 8.41. The highest BCUT2D eigenvalue weighted by molar-refractivity contribution is 6.03. The van der Waals surface area contributed by atoms with Crippen LogP contribution in [0.15, 0.2) is 54.6 Å². The second-order valence-electron chi connectivity index (χ2n) is 9.30. The lowest BCUT2D eigenvalue weighted by atomic mass is 9.75. The van der Waals surface area contributed by atoms with Crippen molar-refractivity contribution in [2.24, 2.45) is 5.41 Å². The normalized spacial score (nSPS) is 18.2. The van der Waals surface area contributed by atoms with Gasteiger partial charge in [0.15, 0.2) is 0 Å². The molecule has 0 heterocycles. The molecule has 1 atom stereocenters. The van der Waals surface area contributed by atoms with E-state index in [1.165, 1.54) is 33.5 Å². The quantitative estimate of drug-likeness (QED) is 0.309. The molecule has 30 heavy (non-hydrogen) atoms. The fraction of sp³-hybridized carbons (Fsp3) is 0.464. The zero-order valence-electron chi connectivity index (χ0n) is 18.7. The number of fused-ring (bicyclic) bond motifs is 2. The number of carbonyl (C=O) groups excluding carboxylic acids is 1. The topological polar surface area (TPSA) is 26.3 Å². The minimum absolute atomic E-state index is 0.0224. The number of hydrogen-bond acceptors (Lipinski definition) is 2. The molecular weight excluding hydrogens is 368 g/mol. The van der Waals surface area contributed by atoms with Crippen LogP contribution < -0.4 is 0 Å². The molecule has 0 saturated heterocycles. The molecule has 2 heteroatoms. The van der Waals surface area contributed by atoms with E-state index in [-0.39, 0.29) is 5.97 Å². The number of ether oxygens (including phenoxy) is 1. The van der Waals surface area contributed by atoms with Gasteiger partial charge in [-0.2, -0.15) is 0 Å². The predicted octanol–water partition coefficient (Wildman–Crippen LogP) is 7.91. The zero-order valence-corrected chi connectivity index (χ0v) is 18.7. The molecule has 158 valence electrons. The van der Waals surface area contributed by atoms with E-state index in [0.717, 1.165) is 44.9 Å². The van der Waals surface area contributed by atoms with E-state index >= 15 is 0 Å². The molecule has 1 aliphatic carbocycles. The summed E-state index contributed by atoms with van der Waals surface area (Å²) >= 11 is 0. The summed E-state index contributed by atoms with van der Waals surface area (Å²) in [5.41, 5.74) is 0.263. The molecule has 1 fully saturated rings. The third kappa shape index (κ3) is 3.62. The van der Waals surface area contributed by atoms with Crippen molar-refractivity contribution in [2.45, 2.75) is 77.7 Å². The van der Waals surface area contributed by atoms with Gasteiger partial charge in [0.1, 0.15) is 5.60 Å². The third-order valence-electron chi connectivity index (χ3n) is 7.25. The summed E-state index contributed by atoms with van der Waals surface area (Å²) in [5.74, 6) is -0.0224. The van der Waals surface area contributed by atoms with Crippen molar-refractivity contribution < 1.29 is 9.53 Å². The van der Waals surface area contributed by atoms with Crippen molar-refractivity contribution in [3.8, 4) is 0 Å². The largest absolute Gasteiger partial charge is 0.454 e. The maximum atomic E-state index is 13.6. The summed E-state index contributed by atoms with van der Waals surface area (Å²) < 4.78 is 6.65. The Bertz CT molecular complexity index is 991. The van der Waals surface area contributed by atoms with Gasteiger partial charge < -0.3 is 4.74 Å². The molecule has 1 saturated carbocycles. The summed E-state index contributed by atoms with van der Waals surface area (Å²) in [6.07, 6.45) is 7.89. The zero-order chi connectivity index (χ0) is 21.2. The van der Waals surface area contributed by atoms with Crippen LogP contribution in [0.1, 0.15) is 77.7 Å². The van der Waals surface area contributed by atoms with Crippen LogP contribution in [-0.4, -0.2) is 5.97 Å². The lowest BCUT2D eigenvalue weighted by Gasteiger charge is -2.41. The first-order valence-electron chi connectivity index (χ1n) is 11.7. The molecule has 0 spiro atoms. The minimum Gasteiger partial charge on any atom is -0.454 e. The molecule has 0 radical (unpaired) electrons. The van der Waals surface area contributed by atoms with Crippen molar-refractivity contribution >= 4 is 27.5 Å². The van der Waals surface area contributed by atoms with E-state index in [4.69, 9.17) is 4.74 Å². The van der Waals surface area contributed by atoms with Crippen LogP contribution in [0.4, 0.5) is 0 Å². The second-order valence-corrected chi connectivity index (χ2v) is 9.30. The Labute approximate surface area is 180 Å². The number of rotatable bonds is 6. The van der Waals surface area contributed by atoms with Crippen molar-refractivity contribution in [1.82, 2.24) is 0 Å². The summed E-state index contributed by atoms with van der Waals surface area (Å²) in [7, 11) is 0. The van der Waals surface area contributed by atoms with Crippen molar-refractivity contribution in [3.63, 3.8) is 0 Å². The van der Waals surface area contributed by atoms with Crippen molar-refractivity contribution in [1.29, 1.82) is 0 Å². The molecule has 1 aliphatic rings. The summed E-state index contributed by atoms with van der Waals surface area (Å²) in [6, 6.07) is 19.4. The van der Waals surface area contributed by atoms with Gasteiger partial charge in [-0.25, -0.2) is 0 Å². The van der Waals surface area contributed by atoms with Gasteiger partial charge in [0.2, 0.25) is 0 Å². The van der Waals surface area contributed by atoms with Crippen LogP contribution in [0.5, 0.6) is 0 Å². The van der Waals surface area contributed by atoms with Gasteiger partial charge in [0, 0.05) is 5.56 Å². The van der Waals surface area contributed by atoms with Gasteiger partial charge in [-0.05, 0) is 73.1 Å². The van der Waals surface area contributed by atoms with Crippen LogP contribution in [-0.2, 0) is 15.1 Å². The highest BCUT2D eigenvalue weighted by Gasteiger charge is 2.44. The molecule has 0 N–H and O–H groups in total. The van der Waals surface area contributed by atoms with E-state index < -0.39 is 11.0 Å². The van der Waals surface area contributed by atoms with E-state index in [0.29, 0.717) is 0 Å². The third-order valence-corrected chi connectivity index (χ3v) is 7.25. The molecule has 1 unspecified atom stereocenters. The Balaban J connectivity index is 1.93. The van der Waals surface area contributed by atoms with Gasteiger partial charge in [-0.1, -0.05) is 75.2 Å². The smallest absolute Gasteiger partial charge is 0.312 e. The molecule has 0 amide bonds. The highest BCUT2D eigenvalue weighted by atomic mass is 16.6. The molecule has 3 aromatic carbocycles. The van der Waals surface area contributed by atoms with Crippen molar-refractivity contribution in [3.05, 3.63) is 60.2 Å². The minimum atomic E-state index is -0.542. The molecule has 4 rings (SSSR count). The Kier molecular flexibility index (Phi) is 5.86. The number of carbonyl (C=O) groups is 1. The highest BCUT2D eigenvalue weighted by Crippen LogP contribution is 2.48. The Morgan fingerprint density at radius 1 is 0.933 bits per heavy atom. The molecule has 3 aromatic rings. The molecule has 0 aromatic heterocycles. The number of benzene rings is 3. The summed E-state index contributed by atoms with van der Waals surface area (Å²) in [4.78, 5) is 13.6. The number of esters is 1. The van der Waals surface area contributed by atoms with Gasteiger partial charge in [0.05, 0.1) is 5.41 Å². The lowest BCUT2D eigenvalue weighted by molar-refractivity contribution is -0.177. The van der Waals surface area contributed by atoms with Crippen LogP contribution in [0.3, 0.4) is 0 Å². The Morgan fingerprint density at radius 2 is 1.50 bits per heavy atom. The van der Waals surface area contributed by atoms with Gasteiger partial charge in [0.25, 0.3) is 0 Å². The average molecular weight is 403 g/mol. The number of hydrogen-bond donors (Lipinski definition) is 0. The molecule has 0 aliphatic heterocycles. The predicted molar refractivity (Wildman–Crippen MR) is 126 cm³/mol. The monoisotopic (exact) mass is 402 g/mol. The first-order chi connectivity index (χ1) is 14.5. The SMILES string of the molecule is CCCC(C)(CC)C(=O)OC1(c2c3ccccc3cc3ccccc23)CCCCC1. The Hall–Kier alpha value is -2.35. The maximum Gasteiger partial charge on any atom is 0.312 e. The van der Waals surface area contributed by atoms with Crippen molar-refractivity contribution in [2.75, 3.05) is 0 Å². The fourth-order valence-electron chi connectivity index (χ4n) is 5.31. The molecule has 0 bridgehead atoms. The van der Waals surface area contributed by atoms with Gasteiger partial charge in [-0.3, -0.25) is 4.79 Å². The standard InChI is InChI=1S/C28H34O2/c1-4-17-27(3,5-2)26(29)30-28(18-11-6-12-19-28)25-23-15-9-7-13-21(23)20-22-14-8-10-16-24(22)25/h7-10,13-16,20H,4-6,11-12,17-19H2,1-3H3. The average Bonchev–Trinajstić information content (AvgIpc) is 2.78. The van der Waals surface area contributed by atoms with E-state index in [1.807, 2.05) is 0 Å².